The van der Waals surface area contributed by atoms with Crippen LogP contribution < -0.4 is 11.2 Å². The lowest BCUT2D eigenvalue weighted by molar-refractivity contribution is 0.265. The normalized spacial score (nSPS) is 22.8. The Bertz CT molecular complexity index is 781. The minimum absolute atomic E-state index is 0.365. The van der Waals surface area contributed by atoms with E-state index in [1.54, 1.807) is 7.05 Å². The fourth-order valence-corrected chi connectivity index (χ4v) is 3.63. The van der Waals surface area contributed by atoms with E-state index in [1.807, 2.05) is 4.57 Å². The Hall–Kier alpha value is -1.37. The summed E-state index contributed by atoms with van der Waals surface area (Å²) in [5.41, 5.74) is 0.106. The molecule has 0 amide bonds. The van der Waals surface area contributed by atoms with E-state index in [2.05, 4.69) is 32.8 Å². The van der Waals surface area contributed by atoms with Gasteiger partial charge in [-0.3, -0.25) is 14.3 Å². The summed E-state index contributed by atoms with van der Waals surface area (Å²) < 4.78 is 3.89. The van der Waals surface area contributed by atoms with Crippen LogP contribution in [0.3, 0.4) is 0 Å². The third kappa shape index (κ3) is 2.59. The molecular weight excluding hydrogens is 336 g/mol. The molecule has 114 valence electrons. The monoisotopic (exact) mass is 354 g/mol. The van der Waals surface area contributed by atoms with Gasteiger partial charge in [0.05, 0.1) is 0 Å². The van der Waals surface area contributed by atoms with E-state index in [4.69, 9.17) is 0 Å². The molecule has 0 unspecified atom stereocenters. The number of aromatic nitrogens is 4. The molecule has 2 heterocycles. The van der Waals surface area contributed by atoms with E-state index in [0.29, 0.717) is 21.8 Å². The molecule has 0 atom stereocenters. The predicted octanol–water partition coefficient (Wildman–Crippen LogP) is 2.01. The van der Waals surface area contributed by atoms with E-state index >= 15 is 0 Å². The number of aromatic amines is 1. The molecule has 0 bridgehead atoms. The third-order valence-corrected chi connectivity index (χ3v) is 5.14. The van der Waals surface area contributed by atoms with Crippen LogP contribution in [-0.4, -0.2) is 19.1 Å². The molecule has 3 rings (SSSR count). The summed E-state index contributed by atoms with van der Waals surface area (Å²) in [7, 11) is 1.62. The molecule has 1 N–H and O–H groups in total. The van der Waals surface area contributed by atoms with Crippen molar-refractivity contribution < 1.29 is 0 Å². The van der Waals surface area contributed by atoms with Crippen LogP contribution in [0.5, 0.6) is 0 Å². The Labute approximate surface area is 130 Å². The summed E-state index contributed by atoms with van der Waals surface area (Å²) in [4.78, 5) is 30.5. The van der Waals surface area contributed by atoms with E-state index in [-0.39, 0.29) is 5.56 Å². The maximum Gasteiger partial charge on any atom is 0.329 e. The fraction of sp³-hybridized carbons (Fsp3) is 0.643. The van der Waals surface area contributed by atoms with Gasteiger partial charge in [-0.15, -0.1) is 0 Å². The highest BCUT2D eigenvalue weighted by atomic mass is 79.9. The first-order valence-corrected chi connectivity index (χ1v) is 8.11. The molecule has 21 heavy (non-hydrogen) atoms. The van der Waals surface area contributed by atoms with Crippen LogP contribution >= 0.6 is 15.9 Å². The van der Waals surface area contributed by atoms with Crippen molar-refractivity contribution in [1.29, 1.82) is 0 Å². The van der Waals surface area contributed by atoms with E-state index in [0.717, 1.165) is 12.5 Å². The standard InChI is InChI=1S/C14H19BrN4O2/c1-8-3-5-9(6-4-8)7-19-10-11(16-13(19)15)18(2)14(21)17-12(10)20/h8-9H,3-7H2,1-2H3,(H,17,20,21). The molecule has 1 saturated carbocycles. The van der Waals surface area contributed by atoms with Gasteiger partial charge in [-0.25, -0.2) is 9.78 Å². The Morgan fingerprint density at radius 3 is 2.62 bits per heavy atom. The van der Waals surface area contributed by atoms with Crippen LogP contribution in [0.15, 0.2) is 14.3 Å². The number of fused-ring (bicyclic) bond motifs is 1. The van der Waals surface area contributed by atoms with Gasteiger partial charge in [0.1, 0.15) is 0 Å². The quantitative estimate of drug-likeness (QED) is 0.838. The number of hydrogen-bond donors (Lipinski definition) is 1. The minimum atomic E-state index is -0.434. The molecule has 2 aromatic rings. The van der Waals surface area contributed by atoms with Crippen LogP contribution in [-0.2, 0) is 13.6 Å². The van der Waals surface area contributed by atoms with Gasteiger partial charge in [0.15, 0.2) is 15.9 Å². The largest absolute Gasteiger partial charge is 0.329 e. The Morgan fingerprint density at radius 1 is 1.29 bits per heavy atom. The number of H-pyrrole nitrogens is 1. The number of nitrogens with one attached hydrogen (secondary N) is 1. The van der Waals surface area contributed by atoms with Crippen molar-refractivity contribution in [3.63, 3.8) is 0 Å². The van der Waals surface area contributed by atoms with Crippen molar-refractivity contribution in [3.8, 4) is 0 Å². The molecule has 0 aliphatic heterocycles. The Kier molecular flexibility index (Phi) is 3.77. The van der Waals surface area contributed by atoms with Crippen LogP contribution in [0, 0.1) is 11.8 Å². The van der Waals surface area contributed by atoms with Gasteiger partial charge < -0.3 is 4.57 Å². The second kappa shape index (κ2) is 5.44. The van der Waals surface area contributed by atoms with Gasteiger partial charge in [-0.2, -0.15) is 0 Å². The van der Waals surface area contributed by atoms with Gasteiger partial charge in [0.25, 0.3) is 5.56 Å². The van der Waals surface area contributed by atoms with Crippen molar-refractivity contribution in [2.45, 2.75) is 39.2 Å². The van der Waals surface area contributed by atoms with Gasteiger partial charge in [-0.05, 0) is 40.6 Å². The third-order valence-electron chi connectivity index (χ3n) is 4.54. The van der Waals surface area contributed by atoms with E-state index in [1.165, 1.54) is 30.3 Å². The second-order valence-electron chi connectivity index (χ2n) is 6.11. The molecule has 2 aromatic heterocycles. The molecule has 7 heteroatoms. The summed E-state index contributed by atoms with van der Waals surface area (Å²) >= 11 is 3.42. The lowest BCUT2D eigenvalue weighted by Crippen LogP contribution is -2.29. The topological polar surface area (TPSA) is 72.7 Å². The van der Waals surface area contributed by atoms with Crippen molar-refractivity contribution in [1.82, 2.24) is 19.1 Å². The SMILES string of the molecule is CC1CCC(Cn2c(Br)nc3c2c(=O)[nH]c(=O)n3C)CC1. The molecule has 0 saturated heterocycles. The molecular formula is C14H19BrN4O2. The van der Waals surface area contributed by atoms with Gasteiger partial charge in [0.2, 0.25) is 0 Å². The first kappa shape index (κ1) is 14.6. The van der Waals surface area contributed by atoms with Crippen molar-refractivity contribution in [2.24, 2.45) is 18.9 Å². The number of halogens is 1. The molecule has 1 aliphatic rings. The summed E-state index contributed by atoms with van der Waals surface area (Å²) in [5.74, 6) is 1.36. The Balaban J connectivity index is 2.03. The average Bonchev–Trinajstić information content (AvgIpc) is 2.77. The summed E-state index contributed by atoms with van der Waals surface area (Å²) in [6, 6.07) is 0. The molecule has 1 fully saturated rings. The maximum atomic E-state index is 12.1. The van der Waals surface area contributed by atoms with E-state index in [9.17, 15) is 9.59 Å². The van der Waals surface area contributed by atoms with Crippen molar-refractivity contribution >= 4 is 27.1 Å². The number of nitrogens with zero attached hydrogens (tertiary/aromatic N) is 3. The zero-order valence-electron chi connectivity index (χ0n) is 12.2. The van der Waals surface area contributed by atoms with Crippen molar-refractivity contribution in [3.05, 3.63) is 25.6 Å². The number of aryl methyl sites for hydroxylation is 1. The van der Waals surface area contributed by atoms with Crippen LogP contribution in [0.1, 0.15) is 32.6 Å². The highest BCUT2D eigenvalue weighted by molar-refractivity contribution is 9.10. The number of hydrogen-bond acceptors (Lipinski definition) is 3. The number of imidazole rings is 1. The van der Waals surface area contributed by atoms with E-state index < -0.39 is 5.69 Å². The molecule has 6 nitrogen and oxygen atoms in total. The van der Waals surface area contributed by atoms with Gasteiger partial charge >= 0.3 is 5.69 Å². The molecule has 0 aromatic carbocycles. The summed E-state index contributed by atoms with van der Waals surface area (Å²) in [6.45, 7) is 3.06. The summed E-state index contributed by atoms with van der Waals surface area (Å²) in [5, 5.41) is 0. The van der Waals surface area contributed by atoms with Crippen LogP contribution in [0.2, 0.25) is 0 Å². The predicted molar refractivity (Wildman–Crippen MR) is 84.4 cm³/mol. The van der Waals surface area contributed by atoms with Gasteiger partial charge in [-0.1, -0.05) is 19.8 Å². The smallest absolute Gasteiger partial charge is 0.312 e. The highest BCUT2D eigenvalue weighted by Crippen LogP contribution is 2.30. The molecule has 0 radical (unpaired) electrons. The minimum Gasteiger partial charge on any atom is -0.312 e. The highest BCUT2D eigenvalue weighted by Gasteiger charge is 2.22. The van der Waals surface area contributed by atoms with Crippen LogP contribution in [0.4, 0.5) is 0 Å². The second-order valence-corrected chi connectivity index (χ2v) is 6.82. The lowest BCUT2D eigenvalue weighted by atomic mass is 9.83. The zero-order valence-corrected chi connectivity index (χ0v) is 13.8. The molecule has 1 aliphatic carbocycles. The lowest BCUT2D eigenvalue weighted by Gasteiger charge is -2.26. The summed E-state index contributed by atoms with van der Waals surface area (Å²) in [6.07, 6.45) is 4.83. The number of rotatable bonds is 2. The first-order chi connectivity index (χ1) is 9.97. The fourth-order valence-electron chi connectivity index (χ4n) is 3.14. The first-order valence-electron chi connectivity index (χ1n) is 7.32. The van der Waals surface area contributed by atoms with Crippen LogP contribution in [0.25, 0.3) is 11.2 Å². The maximum absolute atomic E-state index is 12.1. The average molecular weight is 355 g/mol. The Morgan fingerprint density at radius 2 is 1.95 bits per heavy atom. The van der Waals surface area contributed by atoms with Gasteiger partial charge in [0, 0.05) is 13.6 Å². The van der Waals surface area contributed by atoms with Crippen molar-refractivity contribution in [2.75, 3.05) is 0 Å². The molecule has 0 spiro atoms. The zero-order chi connectivity index (χ0) is 15.1.